The maximum absolute atomic E-state index is 13.6. The van der Waals surface area contributed by atoms with Crippen molar-refractivity contribution in [2.24, 2.45) is 22.7 Å². The third-order valence-electron chi connectivity index (χ3n) is 8.76. The van der Waals surface area contributed by atoms with E-state index in [0.717, 1.165) is 24.0 Å². The Kier molecular flexibility index (Phi) is 6.15. The lowest BCUT2D eigenvalue weighted by Gasteiger charge is -2.64. The van der Waals surface area contributed by atoms with Crippen LogP contribution in [-0.4, -0.2) is 43.0 Å². The Labute approximate surface area is 199 Å². The molecule has 186 valence electrons. The molecule has 3 aliphatic carbocycles. The number of hydrogen-bond donors (Lipinski definition) is 0. The number of ether oxygens (including phenoxy) is 3. The molecule has 0 N–H and O–H groups in total. The third kappa shape index (κ3) is 3.75. The van der Waals surface area contributed by atoms with Crippen molar-refractivity contribution in [2.75, 3.05) is 13.2 Å². The summed E-state index contributed by atoms with van der Waals surface area (Å²) < 4.78 is 22.2. The summed E-state index contributed by atoms with van der Waals surface area (Å²) in [5.41, 5.74) is 0.366. The fourth-order valence-corrected chi connectivity index (χ4v) is 7.59. The fourth-order valence-electron chi connectivity index (χ4n) is 7.59. The summed E-state index contributed by atoms with van der Waals surface area (Å²) >= 11 is 0. The van der Waals surface area contributed by atoms with Crippen molar-refractivity contribution in [3.63, 3.8) is 0 Å². The summed E-state index contributed by atoms with van der Waals surface area (Å²) in [6.07, 6.45) is 5.83. The van der Waals surface area contributed by atoms with Gasteiger partial charge in [0, 0.05) is 43.6 Å². The quantitative estimate of drug-likeness (QED) is 0.471. The number of ketones is 1. The number of Topliss-reactive ketones (excluding diaryl/α,β-unsaturated/α-hetero) is 1. The van der Waals surface area contributed by atoms with Gasteiger partial charge in [-0.05, 0) is 48.5 Å². The minimum Gasteiger partial charge on any atom is -0.472 e. The average molecular weight is 475 g/mol. The molecule has 8 nitrogen and oxygen atoms in total. The molecule has 0 unspecified atom stereocenters. The van der Waals surface area contributed by atoms with Crippen molar-refractivity contribution in [3.05, 3.63) is 23.7 Å². The van der Waals surface area contributed by atoms with E-state index in [9.17, 15) is 19.2 Å². The monoisotopic (exact) mass is 474 g/mol. The standard InChI is InChI=1S/C26H34O8/c1-15(27)32-13-25(5)21-8-9-26(14-33-16(2)28)19-12-31-11-18(19)6-7-22(26)24(21,4)10-20(30)23(25)34-17(3)29/h11-12,21-23H,6-10,13-14H2,1-5H3/t21-,22-,23+,24-,25+,26+/m0/s1. The van der Waals surface area contributed by atoms with Crippen LogP contribution >= 0.6 is 0 Å². The number of rotatable bonds is 5. The van der Waals surface area contributed by atoms with Gasteiger partial charge >= 0.3 is 17.9 Å². The normalized spacial score (nSPS) is 36.5. The fraction of sp³-hybridized carbons (Fsp3) is 0.692. The molecule has 0 bridgehead atoms. The lowest BCUT2D eigenvalue weighted by molar-refractivity contribution is -0.207. The van der Waals surface area contributed by atoms with Gasteiger partial charge in [0.1, 0.15) is 13.2 Å². The molecule has 4 rings (SSSR count). The molecule has 3 aliphatic rings. The third-order valence-corrected chi connectivity index (χ3v) is 8.76. The number of carbonyl (C=O) groups excluding carboxylic acids is 4. The van der Waals surface area contributed by atoms with E-state index in [-0.39, 0.29) is 43.2 Å². The minimum absolute atomic E-state index is 0.00704. The molecule has 34 heavy (non-hydrogen) atoms. The van der Waals surface area contributed by atoms with Gasteiger partial charge in [-0.15, -0.1) is 0 Å². The number of carbonyl (C=O) groups is 4. The van der Waals surface area contributed by atoms with E-state index in [4.69, 9.17) is 18.6 Å². The van der Waals surface area contributed by atoms with Crippen molar-refractivity contribution in [1.29, 1.82) is 0 Å². The Morgan fingerprint density at radius 3 is 2.29 bits per heavy atom. The average Bonchev–Trinajstić information content (AvgIpc) is 3.23. The molecule has 1 aromatic heterocycles. The van der Waals surface area contributed by atoms with Gasteiger partial charge < -0.3 is 18.6 Å². The molecular weight excluding hydrogens is 440 g/mol. The molecule has 0 aliphatic heterocycles. The molecular formula is C26H34O8. The van der Waals surface area contributed by atoms with E-state index < -0.39 is 34.3 Å². The van der Waals surface area contributed by atoms with Crippen LogP contribution in [0.4, 0.5) is 0 Å². The SMILES string of the molecule is CC(=O)OC[C@@]12CC[C@H]3[C@](C)(CC(=O)[C@@H](OC(C)=O)[C@]3(C)COC(C)=O)[C@@H]1CCc1cocc12. The molecule has 2 saturated carbocycles. The summed E-state index contributed by atoms with van der Waals surface area (Å²) in [4.78, 5) is 49.1. The first-order valence-electron chi connectivity index (χ1n) is 12.0. The summed E-state index contributed by atoms with van der Waals surface area (Å²) in [5, 5.41) is 0. The van der Waals surface area contributed by atoms with E-state index in [0.29, 0.717) is 12.8 Å². The molecule has 1 heterocycles. The Balaban J connectivity index is 1.80. The van der Waals surface area contributed by atoms with Crippen LogP contribution in [0.1, 0.15) is 71.4 Å². The summed E-state index contributed by atoms with van der Waals surface area (Å²) in [7, 11) is 0. The van der Waals surface area contributed by atoms with Crippen LogP contribution < -0.4 is 0 Å². The Morgan fingerprint density at radius 1 is 0.971 bits per heavy atom. The summed E-state index contributed by atoms with van der Waals surface area (Å²) in [6, 6.07) is 0. The van der Waals surface area contributed by atoms with E-state index in [1.165, 1.54) is 20.8 Å². The molecule has 1 aromatic rings. The number of fused-ring (bicyclic) bond motifs is 5. The van der Waals surface area contributed by atoms with Gasteiger partial charge in [-0.1, -0.05) is 13.8 Å². The highest BCUT2D eigenvalue weighted by molar-refractivity contribution is 5.88. The zero-order valence-electron chi connectivity index (χ0n) is 20.6. The molecule has 0 radical (unpaired) electrons. The van der Waals surface area contributed by atoms with Crippen LogP contribution in [0.15, 0.2) is 16.9 Å². The maximum Gasteiger partial charge on any atom is 0.303 e. The van der Waals surface area contributed by atoms with Crippen molar-refractivity contribution in [3.8, 4) is 0 Å². The molecule has 0 amide bonds. The Morgan fingerprint density at radius 2 is 1.65 bits per heavy atom. The predicted molar refractivity (Wildman–Crippen MR) is 120 cm³/mol. The summed E-state index contributed by atoms with van der Waals surface area (Å²) in [5.74, 6) is -1.50. The Bertz CT molecular complexity index is 1010. The van der Waals surface area contributed by atoms with E-state index in [2.05, 4.69) is 6.92 Å². The van der Waals surface area contributed by atoms with Crippen molar-refractivity contribution in [1.82, 2.24) is 0 Å². The van der Waals surface area contributed by atoms with Crippen LogP contribution in [-0.2, 0) is 45.2 Å². The molecule has 6 atom stereocenters. The first kappa shape index (κ1) is 24.5. The van der Waals surface area contributed by atoms with Crippen molar-refractivity contribution < 1.29 is 37.8 Å². The van der Waals surface area contributed by atoms with Crippen LogP contribution in [0.25, 0.3) is 0 Å². The van der Waals surface area contributed by atoms with Crippen LogP contribution in [0, 0.1) is 22.7 Å². The second-order valence-corrected chi connectivity index (χ2v) is 10.9. The van der Waals surface area contributed by atoms with Crippen molar-refractivity contribution in [2.45, 2.75) is 78.2 Å². The predicted octanol–water partition coefficient (Wildman–Crippen LogP) is 3.53. The van der Waals surface area contributed by atoms with Crippen LogP contribution in [0.2, 0.25) is 0 Å². The van der Waals surface area contributed by atoms with Gasteiger partial charge in [-0.25, -0.2) is 0 Å². The smallest absolute Gasteiger partial charge is 0.303 e. The van der Waals surface area contributed by atoms with Crippen molar-refractivity contribution >= 4 is 23.7 Å². The van der Waals surface area contributed by atoms with Gasteiger partial charge in [0.05, 0.1) is 12.5 Å². The van der Waals surface area contributed by atoms with Gasteiger partial charge in [0.15, 0.2) is 11.9 Å². The number of furan rings is 1. The van der Waals surface area contributed by atoms with Gasteiger partial charge in [0.2, 0.25) is 0 Å². The lowest BCUT2D eigenvalue weighted by Crippen LogP contribution is -2.66. The van der Waals surface area contributed by atoms with Crippen LogP contribution in [0.3, 0.4) is 0 Å². The van der Waals surface area contributed by atoms with Crippen LogP contribution in [0.5, 0.6) is 0 Å². The summed E-state index contributed by atoms with van der Waals surface area (Å²) in [6.45, 7) is 8.28. The minimum atomic E-state index is -0.975. The molecule has 2 fully saturated rings. The van der Waals surface area contributed by atoms with Gasteiger partial charge in [-0.2, -0.15) is 0 Å². The maximum atomic E-state index is 13.6. The highest BCUT2D eigenvalue weighted by atomic mass is 16.6. The van der Waals surface area contributed by atoms with Gasteiger partial charge in [0.25, 0.3) is 0 Å². The van der Waals surface area contributed by atoms with E-state index in [1.807, 2.05) is 6.92 Å². The van der Waals surface area contributed by atoms with Gasteiger partial charge in [-0.3, -0.25) is 19.2 Å². The molecule has 0 saturated heterocycles. The number of hydrogen-bond acceptors (Lipinski definition) is 8. The number of esters is 3. The highest BCUT2D eigenvalue weighted by Gasteiger charge is 2.67. The Hall–Kier alpha value is -2.64. The zero-order chi connectivity index (χ0) is 24.9. The molecule has 0 spiro atoms. The number of aryl methyl sites for hydroxylation is 1. The largest absolute Gasteiger partial charge is 0.472 e. The topological polar surface area (TPSA) is 109 Å². The zero-order valence-corrected chi connectivity index (χ0v) is 20.6. The lowest BCUT2D eigenvalue weighted by atomic mass is 9.39. The second kappa shape index (κ2) is 8.54. The molecule has 0 aromatic carbocycles. The van der Waals surface area contributed by atoms with E-state index >= 15 is 0 Å². The highest BCUT2D eigenvalue weighted by Crippen LogP contribution is 2.67. The van der Waals surface area contributed by atoms with E-state index in [1.54, 1.807) is 12.5 Å². The molecule has 8 heteroatoms. The first-order valence-corrected chi connectivity index (χ1v) is 12.0. The second-order valence-electron chi connectivity index (χ2n) is 10.9. The first-order chi connectivity index (χ1) is 15.9.